The highest BCUT2D eigenvalue weighted by molar-refractivity contribution is 6.51. The van der Waals surface area contributed by atoms with E-state index in [0.29, 0.717) is 16.9 Å². The normalized spacial score (nSPS) is 18.3. The van der Waals surface area contributed by atoms with Crippen LogP contribution in [0.5, 0.6) is 0 Å². The number of aliphatic hydroxyl groups excluding tert-OH is 1. The molecule has 1 N–H and O–H groups in total. The van der Waals surface area contributed by atoms with E-state index in [0.717, 1.165) is 11.1 Å². The SMILES string of the molecule is Cc1ccc(N2C(=O)C(=O)/C(=C(/O)c3ccncc3)C2c2ccccn2)c(C)c1. The summed E-state index contributed by atoms with van der Waals surface area (Å²) in [6.45, 7) is 3.85. The van der Waals surface area contributed by atoms with Crippen molar-refractivity contribution in [3.05, 3.63) is 95.1 Å². The number of hydrogen-bond acceptors (Lipinski definition) is 5. The number of benzene rings is 1. The summed E-state index contributed by atoms with van der Waals surface area (Å²) in [5.74, 6) is -1.67. The van der Waals surface area contributed by atoms with Crippen molar-refractivity contribution in [1.29, 1.82) is 0 Å². The van der Waals surface area contributed by atoms with Crippen LogP contribution in [0, 0.1) is 13.8 Å². The Morgan fingerprint density at radius 1 is 1.00 bits per heavy atom. The minimum absolute atomic E-state index is 0.0138. The smallest absolute Gasteiger partial charge is 0.300 e. The number of rotatable bonds is 3. The molecular formula is C23H19N3O3. The molecule has 1 saturated heterocycles. The van der Waals surface area contributed by atoms with Crippen LogP contribution in [0.15, 0.2) is 72.7 Å². The summed E-state index contributed by atoms with van der Waals surface area (Å²) in [4.78, 5) is 35.8. The highest BCUT2D eigenvalue weighted by atomic mass is 16.3. The Kier molecular flexibility index (Phi) is 4.68. The summed E-state index contributed by atoms with van der Waals surface area (Å²) in [5.41, 5.74) is 3.45. The molecule has 1 fully saturated rings. The summed E-state index contributed by atoms with van der Waals surface area (Å²) in [6, 6.07) is 13.3. The van der Waals surface area contributed by atoms with Crippen molar-refractivity contribution >= 4 is 23.1 Å². The van der Waals surface area contributed by atoms with Crippen LogP contribution in [0.1, 0.15) is 28.4 Å². The predicted octanol–water partition coefficient (Wildman–Crippen LogP) is 3.72. The molecule has 4 rings (SSSR count). The maximum Gasteiger partial charge on any atom is 0.300 e. The molecule has 0 spiro atoms. The quantitative estimate of drug-likeness (QED) is 0.422. The summed E-state index contributed by atoms with van der Waals surface area (Å²) in [7, 11) is 0. The standard InChI is InChI=1S/C23H19N3O3/c1-14-6-7-18(15(2)13-14)26-20(17-5-3-4-10-25-17)19(22(28)23(26)29)21(27)16-8-11-24-12-9-16/h3-13,20,27H,1-2H3/b21-19+. The first-order valence-corrected chi connectivity index (χ1v) is 9.18. The Morgan fingerprint density at radius 3 is 2.41 bits per heavy atom. The number of anilines is 1. The van der Waals surface area contributed by atoms with Gasteiger partial charge in [-0.2, -0.15) is 0 Å². The molecule has 1 unspecified atom stereocenters. The van der Waals surface area contributed by atoms with Gasteiger partial charge in [0, 0.05) is 29.8 Å². The molecular weight excluding hydrogens is 366 g/mol. The zero-order valence-electron chi connectivity index (χ0n) is 16.0. The molecule has 1 aliphatic heterocycles. The van der Waals surface area contributed by atoms with Crippen LogP contribution in [-0.4, -0.2) is 26.8 Å². The third kappa shape index (κ3) is 3.18. The summed E-state index contributed by atoms with van der Waals surface area (Å²) >= 11 is 0. The average Bonchev–Trinajstić information content (AvgIpc) is 3.00. The maximum absolute atomic E-state index is 13.1. The van der Waals surface area contributed by atoms with Gasteiger partial charge in [-0.25, -0.2) is 0 Å². The number of pyridine rings is 2. The highest BCUT2D eigenvalue weighted by Crippen LogP contribution is 2.42. The first-order chi connectivity index (χ1) is 14.0. The van der Waals surface area contributed by atoms with E-state index in [1.54, 1.807) is 36.5 Å². The van der Waals surface area contributed by atoms with Crippen LogP contribution in [0.25, 0.3) is 5.76 Å². The second-order valence-corrected chi connectivity index (χ2v) is 6.95. The lowest BCUT2D eigenvalue weighted by atomic mass is 9.98. The third-order valence-corrected chi connectivity index (χ3v) is 4.98. The van der Waals surface area contributed by atoms with E-state index < -0.39 is 17.7 Å². The second-order valence-electron chi connectivity index (χ2n) is 6.95. The fraction of sp³-hybridized carbons (Fsp3) is 0.130. The Morgan fingerprint density at radius 2 is 1.76 bits per heavy atom. The van der Waals surface area contributed by atoms with E-state index in [4.69, 9.17) is 0 Å². The fourth-order valence-corrected chi connectivity index (χ4v) is 3.64. The van der Waals surface area contributed by atoms with Crippen LogP contribution in [0.4, 0.5) is 5.69 Å². The van der Waals surface area contributed by atoms with Crippen molar-refractivity contribution in [3.8, 4) is 0 Å². The van der Waals surface area contributed by atoms with Crippen molar-refractivity contribution in [2.75, 3.05) is 4.90 Å². The summed E-state index contributed by atoms with van der Waals surface area (Å²) < 4.78 is 0. The van der Waals surface area contributed by atoms with Gasteiger partial charge in [0.15, 0.2) is 0 Å². The van der Waals surface area contributed by atoms with Gasteiger partial charge in [0.1, 0.15) is 11.8 Å². The van der Waals surface area contributed by atoms with E-state index in [2.05, 4.69) is 9.97 Å². The van der Waals surface area contributed by atoms with Gasteiger partial charge >= 0.3 is 0 Å². The Bertz CT molecular complexity index is 1120. The first-order valence-electron chi connectivity index (χ1n) is 9.18. The van der Waals surface area contributed by atoms with Gasteiger partial charge in [-0.15, -0.1) is 0 Å². The molecule has 3 heterocycles. The largest absolute Gasteiger partial charge is 0.507 e. The van der Waals surface area contributed by atoms with Crippen molar-refractivity contribution in [1.82, 2.24) is 9.97 Å². The fourth-order valence-electron chi connectivity index (χ4n) is 3.64. The molecule has 1 amide bonds. The van der Waals surface area contributed by atoms with E-state index in [9.17, 15) is 14.7 Å². The minimum Gasteiger partial charge on any atom is -0.507 e. The molecule has 1 aromatic carbocycles. The second kappa shape index (κ2) is 7.31. The predicted molar refractivity (Wildman–Crippen MR) is 109 cm³/mol. The van der Waals surface area contributed by atoms with Gasteiger partial charge in [-0.1, -0.05) is 23.8 Å². The minimum atomic E-state index is -0.828. The highest BCUT2D eigenvalue weighted by Gasteiger charge is 2.47. The summed E-state index contributed by atoms with van der Waals surface area (Å²) in [5, 5.41) is 10.9. The third-order valence-electron chi connectivity index (χ3n) is 4.98. The molecule has 0 radical (unpaired) electrons. The number of carbonyl (C=O) groups excluding carboxylic acids is 2. The van der Waals surface area contributed by atoms with E-state index in [-0.39, 0.29) is 11.3 Å². The number of hydrogen-bond donors (Lipinski definition) is 1. The van der Waals surface area contributed by atoms with Crippen molar-refractivity contribution < 1.29 is 14.7 Å². The summed E-state index contributed by atoms with van der Waals surface area (Å²) in [6.07, 6.45) is 4.64. The number of aromatic nitrogens is 2. The van der Waals surface area contributed by atoms with E-state index in [1.165, 1.54) is 17.3 Å². The number of aliphatic hydroxyl groups is 1. The molecule has 144 valence electrons. The van der Waals surface area contributed by atoms with Gasteiger partial charge < -0.3 is 5.11 Å². The van der Waals surface area contributed by atoms with Gasteiger partial charge in [0.2, 0.25) is 0 Å². The van der Waals surface area contributed by atoms with Crippen molar-refractivity contribution in [3.63, 3.8) is 0 Å². The molecule has 29 heavy (non-hydrogen) atoms. The zero-order valence-corrected chi connectivity index (χ0v) is 16.0. The lowest BCUT2D eigenvalue weighted by Crippen LogP contribution is -2.30. The number of ketones is 1. The van der Waals surface area contributed by atoms with Crippen LogP contribution in [-0.2, 0) is 9.59 Å². The Hall–Kier alpha value is -3.80. The molecule has 0 saturated carbocycles. The van der Waals surface area contributed by atoms with E-state index in [1.807, 2.05) is 32.0 Å². The molecule has 1 aliphatic rings. The van der Waals surface area contributed by atoms with Crippen LogP contribution < -0.4 is 4.90 Å². The maximum atomic E-state index is 13.1. The molecule has 0 aliphatic carbocycles. The van der Waals surface area contributed by atoms with Crippen LogP contribution in [0.3, 0.4) is 0 Å². The number of nitrogens with zero attached hydrogens (tertiary/aromatic N) is 3. The van der Waals surface area contributed by atoms with Crippen molar-refractivity contribution in [2.24, 2.45) is 0 Å². The topological polar surface area (TPSA) is 83.4 Å². The Labute approximate surface area is 168 Å². The molecule has 6 heteroatoms. The van der Waals surface area contributed by atoms with Gasteiger partial charge in [0.25, 0.3) is 11.7 Å². The van der Waals surface area contributed by atoms with Crippen LogP contribution in [0.2, 0.25) is 0 Å². The molecule has 1 atom stereocenters. The number of carbonyl (C=O) groups is 2. The lowest BCUT2D eigenvalue weighted by Gasteiger charge is -2.26. The zero-order chi connectivity index (χ0) is 20.5. The number of Topliss-reactive ketones (excluding diaryl/α,β-unsaturated/α-hetero) is 1. The van der Waals surface area contributed by atoms with Gasteiger partial charge in [-0.3, -0.25) is 24.5 Å². The molecule has 2 aromatic heterocycles. The van der Waals surface area contributed by atoms with E-state index >= 15 is 0 Å². The Balaban J connectivity index is 1.97. The molecule has 0 bridgehead atoms. The lowest BCUT2D eigenvalue weighted by molar-refractivity contribution is -0.132. The monoisotopic (exact) mass is 385 g/mol. The first kappa shape index (κ1) is 18.6. The average molecular weight is 385 g/mol. The number of amides is 1. The van der Waals surface area contributed by atoms with Crippen molar-refractivity contribution in [2.45, 2.75) is 19.9 Å². The van der Waals surface area contributed by atoms with Crippen LogP contribution >= 0.6 is 0 Å². The van der Waals surface area contributed by atoms with Gasteiger partial charge in [-0.05, 0) is 49.7 Å². The molecule has 6 nitrogen and oxygen atoms in total. The van der Waals surface area contributed by atoms with Gasteiger partial charge in [0.05, 0.1) is 11.3 Å². The molecule has 3 aromatic rings. The number of aryl methyl sites for hydroxylation is 2.